The Kier molecular flexibility index (Phi) is 2.55. The summed E-state index contributed by atoms with van der Waals surface area (Å²) in [5, 5.41) is 2.85. The second-order valence-electron chi connectivity index (χ2n) is 3.27. The van der Waals surface area contributed by atoms with Gasteiger partial charge in [-0.05, 0) is 13.1 Å². The van der Waals surface area contributed by atoms with Crippen molar-refractivity contribution in [1.82, 2.24) is 10.3 Å². The average molecular weight is 222 g/mol. The molecule has 0 radical (unpaired) electrons. The Morgan fingerprint density at radius 3 is 2.93 bits per heavy atom. The molecule has 0 saturated carbocycles. The van der Waals surface area contributed by atoms with E-state index in [1.807, 2.05) is 13.0 Å². The number of thiazole rings is 1. The smallest absolute Gasteiger partial charge is 0.304 e. The number of aldehydes is 1. The van der Waals surface area contributed by atoms with E-state index in [0.717, 1.165) is 28.2 Å². The van der Waals surface area contributed by atoms with Gasteiger partial charge in [-0.1, -0.05) is 17.4 Å². The maximum Gasteiger partial charge on any atom is 0.304 e. The lowest BCUT2D eigenvalue weighted by Crippen LogP contribution is -2.10. The van der Waals surface area contributed by atoms with Crippen LogP contribution in [0.5, 0.6) is 0 Å². The highest BCUT2D eigenvalue weighted by Gasteiger charge is 2.20. The van der Waals surface area contributed by atoms with Crippen molar-refractivity contribution in [2.45, 2.75) is 12.8 Å². The largest absolute Gasteiger partial charge is 0.368 e. The van der Waals surface area contributed by atoms with E-state index in [9.17, 15) is 9.59 Å². The van der Waals surface area contributed by atoms with E-state index in [-0.39, 0.29) is 10.8 Å². The van der Waals surface area contributed by atoms with Gasteiger partial charge in [0, 0.05) is 28.3 Å². The van der Waals surface area contributed by atoms with Gasteiger partial charge in [0.05, 0.1) is 0 Å². The molecule has 1 atom stereocenters. The third-order valence-electron chi connectivity index (χ3n) is 2.27. The lowest BCUT2D eigenvalue weighted by atomic mass is 9.96. The van der Waals surface area contributed by atoms with Gasteiger partial charge in [-0.25, -0.2) is 0 Å². The SMILES string of the molecule is Cc1[nH]c(=O)sc1C1C=CNC=C1C=O. The first-order chi connectivity index (χ1) is 7.22. The Morgan fingerprint density at radius 1 is 1.53 bits per heavy atom. The molecule has 0 fully saturated rings. The summed E-state index contributed by atoms with van der Waals surface area (Å²) in [6.45, 7) is 1.84. The number of hydrogen-bond donors (Lipinski definition) is 2. The molecule has 78 valence electrons. The van der Waals surface area contributed by atoms with Crippen LogP contribution in [0.1, 0.15) is 16.5 Å². The first kappa shape index (κ1) is 9.92. The van der Waals surface area contributed by atoms with E-state index in [4.69, 9.17) is 0 Å². The van der Waals surface area contributed by atoms with Crippen LogP contribution >= 0.6 is 11.3 Å². The number of allylic oxidation sites excluding steroid dienone is 2. The Balaban J connectivity index is 2.45. The van der Waals surface area contributed by atoms with Crippen LogP contribution in [0.2, 0.25) is 0 Å². The highest BCUT2D eigenvalue weighted by molar-refractivity contribution is 7.09. The van der Waals surface area contributed by atoms with Crippen LogP contribution in [-0.2, 0) is 4.79 Å². The van der Waals surface area contributed by atoms with Crippen molar-refractivity contribution < 1.29 is 4.79 Å². The molecule has 1 aromatic heterocycles. The molecule has 0 amide bonds. The summed E-state index contributed by atoms with van der Waals surface area (Å²) in [6, 6.07) is 0. The molecule has 1 aromatic rings. The van der Waals surface area contributed by atoms with E-state index < -0.39 is 0 Å². The van der Waals surface area contributed by atoms with Crippen molar-refractivity contribution in [3.8, 4) is 0 Å². The van der Waals surface area contributed by atoms with E-state index >= 15 is 0 Å². The van der Waals surface area contributed by atoms with Gasteiger partial charge < -0.3 is 10.3 Å². The summed E-state index contributed by atoms with van der Waals surface area (Å²) >= 11 is 1.15. The van der Waals surface area contributed by atoms with Crippen molar-refractivity contribution in [1.29, 1.82) is 0 Å². The van der Waals surface area contributed by atoms with Crippen LogP contribution in [0, 0.1) is 6.92 Å². The molecule has 15 heavy (non-hydrogen) atoms. The number of dihydropyridines is 1. The summed E-state index contributed by atoms with van der Waals surface area (Å²) in [5.74, 6) is -0.104. The Hall–Kier alpha value is -1.62. The van der Waals surface area contributed by atoms with Crippen LogP contribution in [0.4, 0.5) is 0 Å². The number of carbonyl (C=O) groups is 1. The minimum Gasteiger partial charge on any atom is -0.368 e. The maximum atomic E-state index is 11.2. The van der Waals surface area contributed by atoms with Crippen LogP contribution in [0.15, 0.2) is 28.8 Å². The normalized spacial score (nSPS) is 19.5. The van der Waals surface area contributed by atoms with Gasteiger partial charge in [0.25, 0.3) is 0 Å². The Morgan fingerprint density at radius 2 is 2.33 bits per heavy atom. The van der Waals surface area contributed by atoms with Crippen molar-refractivity contribution in [2.75, 3.05) is 0 Å². The minimum atomic E-state index is -0.104. The highest BCUT2D eigenvalue weighted by Crippen LogP contribution is 2.29. The number of hydrogen-bond acceptors (Lipinski definition) is 4. The van der Waals surface area contributed by atoms with Gasteiger partial charge >= 0.3 is 4.87 Å². The fraction of sp³-hybridized carbons (Fsp3) is 0.200. The predicted octanol–water partition coefficient (Wildman–Crippen LogP) is 1.03. The summed E-state index contributed by atoms with van der Waals surface area (Å²) in [4.78, 5) is 25.5. The van der Waals surface area contributed by atoms with Crippen LogP contribution in [0.3, 0.4) is 0 Å². The monoisotopic (exact) mass is 222 g/mol. The van der Waals surface area contributed by atoms with Crippen LogP contribution in [-0.4, -0.2) is 11.3 Å². The third kappa shape index (κ3) is 1.78. The van der Waals surface area contributed by atoms with Crippen LogP contribution in [0.25, 0.3) is 0 Å². The molecule has 0 saturated heterocycles. The van der Waals surface area contributed by atoms with E-state index in [0.29, 0.717) is 5.57 Å². The van der Waals surface area contributed by atoms with Crippen molar-refractivity contribution in [2.24, 2.45) is 0 Å². The molecular formula is C10H10N2O2S. The van der Waals surface area contributed by atoms with E-state index in [1.165, 1.54) is 0 Å². The topological polar surface area (TPSA) is 62.0 Å². The number of aryl methyl sites for hydroxylation is 1. The summed E-state index contributed by atoms with van der Waals surface area (Å²) in [6.07, 6.45) is 6.10. The van der Waals surface area contributed by atoms with Crippen molar-refractivity contribution in [3.05, 3.63) is 44.3 Å². The van der Waals surface area contributed by atoms with Gasteiger partial charge in [0.1, 0.15) is 6.29 Å². The summed E-state index contributed by atoms with van der Waals surface area (Å²) in [5.41, 5.74) is 1.46. The minimum absolute atomic E-state index is 0.0836. The van der Waals surface area contributed by atoms with Gasteiger partial charge in [0.15, 0.2) is 0 Å². The molecule has 2 heterocycles. The predicted molar refractivity (Wildman–Crippen MR) is 58.8 cm³/mol. The number of H-pyrrole nitrogens is 1. The highest BCUT2D eigenvalue weighted by atomic mass is 32.1. The second-order valence-corrected chi connectivity index (χ2v) is 4.28. The zero-order valence-electron chi connectivity index (χ0n) is 8.11. The second kappa shape index (κ2) is 3.86. The molecular weight excluding hydrogens is 212 g/mol. The number of rotatable bonds is 2. The van der Waals surface area contributed by atoms with E-state index in [2.05, 4.69) is 10.3 Å². The molecule has 0 bridgehead atoms. The fourth-order valence-corrected chi connectivity index (χ4v) is 2.51. The Labute approximate surface area is 90.3 Å². The molecule has 2 N–H and O–H groups in total. The summed E-state index contributed by atoms with van der Waals surface area (Å²) in [7, 11) is 0. The number of aromatic nitrogens is 1. The molecule has 4 nitrogen and oxygen atoms in total. The molecule has 0 spiro atoms. The summed E-state index contributed by atoms with van der Waals surface area (Å²) < 4.78 is 0. The van der Waals surface area contributed by atoms with Crippen LogP contribution < -0.4 is 10.2 Å². The number of nitrogens with one attached hydrogen (secondary N) is 2. The van der Waals surface area contributed by atoms with Crippen molar-refractivity contribution >= 4 is 17.6 Å². The quantitative estimate of drug-likeness (QED) is 0.735. The number of aromatic amines is 1. The first-order valence-electron chi connectivity index (χ1n) is 4.50. The maximum absolute atomic E-state index is 11.2. The lowest BCUT2D eigenvalue weighted by Gasteiger charge is -2.15. The molecule has 0 aliphatic carbocycles. The molecule has 5 heteroatoms. The van der Waals surface area contributed by atoms with Crippen molar-refractivity contribution in [3.63, 3.8) is 0 Å². The molecule has 2 rings (SSSR count). The first-order valence-corrected chi connectivity index (χ1v) is 5.31. The molecule has 1 unspecified atom stereocenters. The van der Waals surface area contributed by atoms with Gasteiger partial charge in [-0.3, -0.25) is 9.59 Å². The average Bonchev–Trinajstić information content (AvgIpc) is 2.57. The molecule has 1 aliphatic heterocycles. The molecule has 0 aromatic carbocycles. The lowest BCUT2D eigenvalue weighted by molar-refractivity contribution is -0.105. The standard InChI is InChI=1S/C10H10N2O2S/c1-6-9(15-10(14)12-6)8-2-3-11-4-7(8)5-13/h2-5,8,11H,1H3,(H,12,14). The zero-order chi connectivity index (χ0) is 10.8. The Bertz CT molecular complexity index is 496. The zero-order valence-corrected chi connectivity index (χ0v) is 8.93. The van der Waals surface area contributed by atoms with Gasteiger partial charge in [-0.2, -0.15) is 0 Å². The van der Waals surface area contributed by atoms with E-state index in [1.54, 1.807) is 12.4 Å². The third-order valence-corrected chi connectivity index (χ3v) is 3.34. The number of carbonyl (C=O) groups excluding carboxylic acids is 1. The van der Waals surface area contributed by atoms with Gasteiger partial charge in [-0.15, -0.1) is 0 Å². The molecule has 1 aliphatic rings. The fourth-order valence-electron chi connectivity index (χ4n) is 1.56. The van der Waals surface area contributed by atoms with Gasteiger partial charge in [0.2, 0.25) is 0 Å².